The van der Waals surface area contributed by atoms with E-state index in [0.29, 0.717) is 19.5 Å². The largest absolute Gasteiger partial charge is 0.417 e. The number of benzene rings is 2. The van der Waals surface area contributed by atoms with Crippen LogP contribution in [0.5, 0.6) is 0 Å². The molecule has 0 amide bonds. The highest BCUT2D eigenvalue weighted by Crippen LogP contribution is 2.35. The highest BCUT2D eigenvalue weighted by molar-refractivity contribution is 7.89. The molecule has 170 valence electrons. The molecule has 1 aliphatic heterocycles. The van der Waals surface area contributed by atoms with Crippen LogP contribution in [0, 0.1) is 6.92 Å². The third-order valence-corrected chi connectivity index (χ3v) is 8.27. The highest BCUT2D eigenvalue weighted by Gasteiger charge is 2.39. The number of aryl methyl sites for hydroxylation is 1. The molecule has 2 aromatic carbocycles. The SMILES string of the molecule is Cc1ccc(Cc2csc(N3CCN(S(=O)(=O)c4ccccc4C(F)(F)F)CC3)n2)cc1. The topological polar surface area (TPSA) is 53.5 Å². The van der Waals surface area contributed by atoms with Gasteiger partial charge in [-0.25, -0.2) is 13.4 Å². The molecule has 32 heavy (non-hydrogen) atoms. The molecule has 0 atom stereocenters. The molecule has 1 fully saturated rings. The molecule has 0 bridgehead atoms. The van der Waals surface area contributed by atoms with Crippen LogP contribution in [0.25, 0.3) is 0 Å². The minimum absolute atomic E-state index is 0.0986. The predicted octanol–water partition coefficient (Wildman–Crippen LogP) is 4.57. The first kappa shape index (κ1) is 22.8. The number of alkyl halides is 3. The molecule has 5 nitrogen and oxygen atoms in total. The smallest absolute Gasteiger partial charge is 0.345 e. The molecule has 0 radical (unpaired) electrons. The van der Waals surface area contributed by atoms with E-state index in [1.807, 2.05) is 17.2 Å². The normalized spacial score (nSPS) is 15.8. The molecular weight excluding hydrogens is 459 g/mol. The van der Waals surface area contributed by atoms with E-state index < -0.39 is 26.7 Å². The number of anilines is 1. The van der Waals surface area contributed by atoms with E-state index in [-0.39, 0.29) is 13.1 Å². The molecule has 1 aromatic heterocycles. The van der Waals surface area contributed by atoms with Gasteiger partial charge in [0, 0.05) is 38.0 Å². The minimum Gasteiger partial charge on any atom is -0.345 e. The highest BCUT2D eigenvalue weighted by atomic mass is 32.2. The Hall–Kier alpha value is -2.43. The van der Waals surface area contributed by atoms with Crippen LogP contribution in [0.3, 0.4) is 0 Å². The summed E-state index contributed by atoms with van der Waals surface area (Å²) < 4.78 is 66.9. The minimum atomic E-state index is -4.74. The van der Waals surface area contributed by atoms with E-state index in [4.69, 9.17) is 0 Å². The molecule has 1 saturated heterocycles. The van der Waals surface area contributed by atoms with Crippen LogP contribution in [-0.2, 0) is 22.6 Å². The molecule has 4 rings (SSSR count). The average Bonchev–Trinajstić information content (AvgIpc) is 3.23. The molecule has 3 aromatic rings. The van der Waals surface area contributed by atoms with Crippen molar-refractivity contribution in [2.24, 2.45) is 0 Å². The number of aromatic nitrogens is 1. The summed E-state index contributed by atoms with van der Waals surface area (Å²) in [5.74, 6) is 0. The van der Waals surface area contributed by atoms with Crippen molar-refractivity contribution in [3.8, 4) is 0 Å². The first-order valence-corrected chi connectivity index (χ1v) is 12.4. The fourth-order valence-electron chi connectivity index (χ4n) is 3.62. The Balaban J connectivity index is 1.44. The van der Waals surface area contributed by atoms with Crippen molar-refractivity contribution in [2.75, 3.05) is 31.1 Å². The van der Waals surface area contributed by atoms with E-state index in [0.717, 1.165) is 32.8 Å². The first-order valence-electron chi connectivity index (χ1n) is 10.1. The summed E-state index contributed by atoms with van der Waals surface area (Å²) >= 11 is 1.49. The van der Waals surface area contributed by atoms with Gasteiger partial charge in [-0.15, -0.1) is 11.3 Å². The number of hydrogen-bond donors (Lipinski definition) is 0. The third-order valence-electron chi connectivity index (χ3n) is 5.36. The maximum absolute atomic E-state index is 13.3. The summed E-state index contributed by atoms with van der Waals surface area (Å²) in [5.41, 5.74) is 2.15. The second-order valence-electron chi connectivity index (χ2n) is 7.67. The predicted molar refractivity (Wildman–Crippen MR) is 119 cm³/mol. The van der Waals surface area contributed by atoms with Crippen molar-refractivity contribution in [1.29, 1.82) is 0 Å². The summed E-state index contributed by atoms with van der Waals surface area (Å²) in [6, 6.07) is 12.6. The molecule has 0 spiro atoms. The molecule has 0 unspecified atom stereocenters. The summed E-state index contributed by atoms with van der Waals surface area (Å²) in [5, 5.41) is 2.78. The van der Waals surface area contributed by atoms with E-state index in [9.17, 15) is 21.6 Å². The monoisotopic (exact) mass is 481 g/mol. The number of hydrogen-bond acceptors (Lipinski definition) is 5. The molecule has 0 aliphatic carbocycles. The fourth-order valence-corrected chi connectivity index (χ4v) is 6.14. The van der Waals surface area contributed by atoms with Crippen molar-refractivity contribution in [2.45, 2.75) is 24.4 Å². The van der Waals surface area contributed by atoms with Crippen LogP contribution in [0.1, 0.15) is 22.4 Å². The zero-order chi connectivity index (χ0) is 22.9. The van der Waals surface area contributed by atoms with Gasteiger partial charge in [-0.3, -0.25) is 0 Å². The molecule has 1 aliphatic rings. The number of rotatable bonds is 5. The Morgan fingerprint density at radius 1 is 1.00 bits per heavy atom. The third kappa shape index (κ3) is 4.82. The Morgan fingerprint density at radius 3 is 2.31 bits per heavy atom. The van der Waals surface area contributed by atoms with Gasteiger partial charge in [-0.2, -0.15) is 17.5 Å². The van der Waals surface area contributed by atoms with E-state index in [1.165, 1.54) is 29.0 Å². The van der Waals surface area contributed by atoms with Crippen LogP contribution in [0.4, 0.5) is 18.3 Å². The Bertz CT molecular complexity index is 1180. The van der Waals surface area contributed by atoms with Crippen LogP contribution >= 0.6 is 11.3 Å². The lowest BCUT2D eigenvalue weighted by atomic mass is 10.1. The van der Waals surface area contributed by atoms with Crippen LogP contribution < -0.4 is 4.90 Å². The Morgan fingerprint density at radius 2 is 1.66 bits per heavy atom. The molecule has 0 saturated carbocycles. The van der Waals surface area contributed by atoms with Crippen LogP contribution in [-0.4, -0.2) is 43.9 Å². The van der Waals surface area contributed by atoms with Crippen LogP contribution in [0.2, 0.25) is 0 Å². The first-order chi connectivity index (χ1) is 15.1. The maximum Gasteiger partial charge on any atom is 0.417 e. The van der Waals surface area contributed by atoms with Crippen molar-refractivity contribution in [3.63, 3.8) is 0 Å². The van der Waals surface area contributed by atoms with Gasteiger partial charge in [0.1, 0.15) is 0 Å². The van der Waals surface area contributed by atoms with Crippen LogP contribution in [0.15, 0.2) is 58.8 Å². The van der Waals surface area contributed by atoms with Gasteiger partial charge < -0.3 is 4.90 Å². The summed E-state index contributed by atoms with van der Waals surface area (Å²) in [6.45, 7) is 2.96. The quantitative estimate of drug-likeness (QED) is 0.536. The van der Waals surface area contributed by atoms with Crippen molar-refractivity contribution < 1.29 is 21.6 Å². The fraction of sp³-hybridized carbons (Fsp3) is 0.318. The number of nitrogens with zero attached hydrogens (tertiary/aromatic N) is 3. The lowest BCUT2D eigenvalue weighted by molar-refractivity contribution is -0.139. The maximum atomic E-state index is 13.3. The lowest BCUT2D eigenvalue weighted by Crippen LogP contribution is -2.49. The second-order valence-corrected chi connectivity index (χ2v) is 10.4. The molecule has 0 N–H and O–H groups in total. The van der Waals surface area contributed by atoms with E-state index >= 15 is 0 Å². The average molecular weight is 482 g/mol. The van der Waals surface area contributed by atoms with Gasteiger partial charge >= 0.3 is 6.18 Å². The summed E-state index contributed by atoms with van der Waals surface area (Å²) in [6.07, 6.45) is -4.03. The zero-order valence-corrected chi connectivity index (χ0v) is 19.0. The summed E-state index contributed by atoms with van der Waals surface area (Å²) in [7, 11) is -4.25. The second kappa shape index (κ2) is 8.84. The van der Waals surface area contributed by atoms with Gasteiger partial charge in [0.05, 0.1) is 16.2 Å². The van der Waals surface area contributed by atoms with Gasteiger partial charge in [0.25, 0.3) is 0 Å². The van der Waals surface area contributed by atoms with Crippen molar-refractivity contribution >= 4 is 26.5 Å². The van der Waals surface area contributed by atoms with Gasteiger partial charge in [0.2, 0.25) is 10.0 Å². The number of halogens is 3. The summed E-state index contributed by atoms with van der Waals surface area (Å²) in [4.78, 5) is 5.95. The van der Waals surface area contributed by atoms with Gasteiger partial charge in [0.15, 0.2) is 5.13 Å². The molecule has 10 heteroatoms. The number of sulfonamides is 1. The van der Waals surface area contributed by atoms with E-state index in [1.54, 1.807) is 0 Å². The van der Waals surface area contributed by atoms with Gasteiger partial charge in [-0.1, -0.05) is 42.0 Å². The Labute approximate surface area is 189 Å². The zero-order valence-electron chi connectivity index (χ0n) is 17.3. The standard InChI is InChI=1S/C22H22F3N3O2S2/c1-16-6-8-17(9-7-16)14-18-15-31-21(26-18)27-10-12-28(13-11-27)32(29,30)20-5-3-2-4-19(20)22(23,24)25/h2-9,15H,10-14H2,1H3. The molecule has 2 heterocycles. The Kier molecular flexibility index (Phi) is 6.28. The lowest BCUT2D eigenvalue weighted by Gasteiger charge is -2.34. The number of thiazole rings is 1. The van der Waals surface area contributed by atoms with Crippen molar-refractivity contribution in [3.05, 3.63) is 76.3 Å². The van der Waals surface area contributed by atoms with Gasteiger partial charge in [-0.05, 0) is 24.6 Å². The number of piperazine rings is 1. The van der Waals surface area contributed by atoms with E-state index in [2.05, 4.69) is 29.2 Å². The van der Waals surface area contributed by atoms with Crippen molar-refractivity contribution in [1.82, 2.24) is 9.29 Å². The molecular formula is C22H22F3N3O2S2.